The molecule has 2 heterocycles. The van der Waals surface area contributed by atoms with Crippen LogP contribution in [0.15, 0.2) is 18.2 Å². The fourth-order valence-electron chi connectivity index (χ4n) is 3.17. The molecule has 3 amide bonds. The average molecular weight is 347 g/mol. The van der Waals surface area contributed by atoms with Crippen molar-refractivity contribution in [2.24, 2.45) is 0 Å². The fourth-order valence-corrected chi connectivity index (χ4v) is 4.32. The monoisotopic (exact) mass is 347 g/mol. The summed E-state index contributed by atoms with van der Waals surface area (Å²) in [6.07, 6.45) is 0.755. The van der Waals surface area contributed by atoms with Gasteiger partial charge in [-0.05, 0) is 30.2 Å². The number of likely N-dealkylation sites (N-methyl/N-ethyl adjacent to an activating group) is 1. The Hall–Kier alpha value is -2.02. The zero-order valence-corrected chi connectivity index (χ0v) is 14.9. The molecule has 7 heteroatoms. The molecule has 128 valence electrons. The first kappa shape index (κ1) is 16.8. The zero-order chi connectivity index (χ0) is 17.4. The fraction of sp³-hybridized carbons (Fsp3) is 0.471. The standard InChI is InChI=1S/C17H21N3O3S/c1-11(21)19-7-6-12-8-13(4-5-14(12)19)16(22)20-10-24-9-15(20)17(23)18(2)3/h4-5,8,15H,6-7,9-10H2,1-3H3/t15-/m0/s1. The summed E-state index contributed by atoms with van der Waals surface area (Å²) in [6, 6.07) is 5.05. The van der Waals surface area contributed by atoms with Crippen molar-refractivity contribution in [3.8, 4) is 0 Å². The van der Waals surface area contributed by atoms with Gasteiger partial charge in [-0.2, -0.15) is 0 Å². The normalized spacial score (nSPS) is 19.4. The first-order chi connectivity index (χ1) is 11.4. The molecule has 0 N–H and O–H groups in total. The highest BCUT2D eigenvalue weighted by atomic mass is 32.2. The summed E-state index contributed by atoms with van der Waals surface area (Å²) in [5.74, 6) is 1.01. The number of amides is 3. The molecule has 1 fully saturated rings. The van der Waals surface area contributed by atoms with Crippen molar-refractivity contribution in [3.63, 3.8) is 0 Å². The van der Waals surface area contributed by atoms with Crippen molar-refractivity contribution in [3.05, 3.63) is 29.3 Å². The summed E-state index contributed by atoms with van der Waals surface area (Å²) in [4.78, 5) is 41.7. The number of benzene rings is 1. The van der Waals surface area contributed by atoms with Crippen LogP contribution in [0.4, 0.5) is 5.69 Å². The molecule has 0 aliphatic carbocycles. The lowest BCUT2D eigenvalue weighted by Gasteiger charge is -2.25. The van der Waals surface area contributed by atoms with E-state index in [1.165, 1.54) is 4.90 Å². The highest BCUT2D eigenvalue weighted by molar-refractivity contribution is 7.99. The van der Waals surface area contributed by atoms with Crippen LogP contribution in [0.5, 0.6) is 0 Å². The first-order valence-corrected chi connectivity index (χ1v) is 9.06. The lowest BCUT2D eigenvalue weighted by Crippen LogP contribution is -2.46. The molecule has 1 saturated heterocycles. The van der Waals surface area contributed by atoms with Crippen LogP contribution >= 0.6 is 11.8 Å². The molecule has 0 aromatic heterocycles. The Labute approximate surface area is 145 Å². The maximum atomic E-state index is 12.9. The van der Waals surface area contributed by atoms with E-state index >= 15 is 0 Å². The number of hydrogen-bond acceptors (Lipinski definition) is 4. The van der Waals surface area contributed by atoms with E-state index in [0.717, 1.165) is 17.7 Å². The SMILES string of the molecule is CC(=O)N1CCc2cc(C(=O)N3CSC[C@H]3C(=O)N(C)C)ccc21. The lowest BCUT2D eigenvalue weighted by atomic mass is 10.1. The van der Waals surface area contributed by atoms with Crippen LogP contribution in [0, 0.1) is 0 Å². The zero-order valence-electron chi connectivity index (χ0n) is 14.1. The van der Waals surface area contributed by atoms with E-state index < -0.39 is 6.04 Å². The summed E-state index contributed by atoms with van der Waals surface area (Å²) in [5, 5.41) is 0. The van der Waals surface area contributed by atoms with E-state index in [4.69, 9.17) is 0 Å². The molecular formula is C17H21N3O3S. The molecule has 24 heavy (non-hydrogen) atoms. The molecule has 1 aromatic carbocycles. The number of anilines is 1. The lowest BCUT2D eigenvalue weighted by molar-refractivity contribution is -0.132. The van der Waals surface area contributed by atoms with Crippen molar-refractivity contribution >= 4 is 35.2 Å². The summed E-state index contributed by atoms with van der Waals surface area (Å²) >= 11 is 1.59. The minimum atomic E-state index is -0.403. The summed E-state index contributed by atoms with van der Waals surface area (Å²) in [7, 11) is 3.42. The molecule has 1 aromatic rings. The highest BCUT2D eigenvalue weighted by Crippen LogP contribution is 2.30. The Balaban J connectivity index is 1.83. The van der Waals surface area contributed by atoms with Gasteiger partial charge in [0, 0.05) is 44.6 Å². The molecule has 0 bridgehead atoms. The number of rotatable bonds is 2. The van der Waals surface area contributed by atoms with Crippen molar-refractivity contribution in [2.45, 2.75) is 19.4 Å². The minimum Gasteiger partial charge on any atom is -0.347 e. The van der Waals surface area contributed by atoms with Crippen LogP contribution in [-0.4, -0.2) is 65.8 Å². The number of fused-ring (bicyclic) bond motifs is 1. The Morgan fingerprint density at radius 2 is 2.00 bits per heavy atom. The van der Waals surface area contributed by atoms with Crippen LogP contribution in [0.2, 0.25) is 0 Å². The molecule has 0 saturated carbocycles. The van der Waals surface area contributed by atoms with Crippen molar-refractivity contribution in [1.29, 1.82) is 0 Å². The van der Waals surface area contributed by atoms with E-state index in [9.17, 15) is 14.4 Å². The van der Waals surface area contributed by atoms with Crippen LogP contribution in [0.3, 0.4) is 0 Å². The Kier molecular flexibility index (Phi) is 4.54. The average Bonchev–Trinajstić information content (AvgIpc) is 3.19. The molecule has 0 unspecified atom stereocenters. The number of hydrogen-bond donors (Lipinski definition) is 0. The third-order valence-electron chi connectivity index (χ3n) is 4.47. The van der Waals surface area contributed by atoms with Crippen molar-refractivity contribution in [2.75, 3.05) is 37.2 Å². The van der Waals surface area contributed by atoms with E-state index in [1.54, 1.807) is 48.6 Å². The quantitative estimate of drug-likeness (QED) is 0.807. The van der Waals surface area contributed by atoms with Crippen molar-refractivity contribution in [1.82, 2.24) is 9.80 Å². The molecule has 2 aliphatic rings. The molecule has 2 aliphatic heterocycles. The van der Waals surface area contributed by atoms with Crippen LogP contribution < -0.4 is 4.90 Å². The number of carbonyl (C=O) groups excluding carboxylic acids is 3. The van der Waals surface area contributed by atoms with Crippen molar-refractivity contribution < 1.29 is 14.4 Å². The topological polar surface area (TPSA) is 60.9 Å². The first-order valence-electron chi connectivity index (χ1n) is 7.91. The number of carbonyl (C=O) groups is 3. The van der Waals surface area contributed by atoms with Gasteiger partial charge in [0.05, 0.1) is 5.88 Å². The molecule has 3 rings (SSSR count). The van der Waals surface area contributed by atoms with Crippen LogP contribution in [0.25, 0.3) is 0 Å². The molecule has 1 atom stereocenters. The Bertz CT molecular complexity index is 704. The minimum absolute atomic E-state index is 0.0143. The Morgan fingerprint density at radius 1 is 1.25 bits per heavy atom. The smallest absolute Gasteiger partial charge is 0.255 e. The second-order valence-corrected chi connectivity index (χ2v) is 7.29. The van der Waals surface area contributed by atoms with Crippen LogP contribution in [-0.2, 0) is 16.0 Å². The van der Waals surface area contributed by atoms with Crippen LogP contribution in [0.1, 0.15) is 22.8 Å². The predicted octanol–water partition coefficient (Wildman–Crippen LogP) is 1.20. The van der Waals surface area contributed by atoms with Gasteiger partial charge < -0.3 is 14.7 Å². The third-order valence-corrected chi connectivity index (χ3v) is 5.48. The summed E-state index contributed by atoms with van der Waals surface area (Å²) in [6.45, 7) is 2.21. The van der Waals surface area contributed by atoms with Gasteiger partial charge in [0.2, 0.25) is 11.8 Å². The van der Waals surface area contributed by atoms with Gasteiger partial charge in [0.25, 0.3) is 5.91 Å². The predicted molar refractivity (Wildman–Crippen MR) is 94.1 cm³/mol. The number of nitrogens with zero attached hydrogens (tertiary/aromatic N) is 3. The number of thioether (sulfide) groups is 1. The van der Waals surface area contributed by atoms with Gasteiger partial charge in [0.15, 0.2) is 0 Å². The summed E-state index contributed by atoms with van der Waals surface area (Å²) in [5.41, 5.74) is 2.48. The van der Waals surface area contributed by atoms with E-state index in [-0.39, 0.29) is 17.7 Å². The third kappa shape index (κ3) is 2.88. The van der Waals surface area contributed by atoms with Gasteiger partial charge in [-0.1, -0.05) is 0 Å². The molecule has 0 radical (unpaired) electrons. The van der Waals surface area contributed by atoms with Gasteiger partial charge in [-0.25, -0.2) is 0 Å². The molecule has 6 nitrogen and oxygen atoms in total. The van der Waals surface area contributed by atoms with E-state index in [2.05, 4.69) is 0 Å². The maximum absolute atomic E-state index is 12.9. The maximum Gasteiger partial charge on any atom is 0.255 e. The van der Waals surface area contributed by atoms with Gasteiger partial charge in [-0.15, -0.1) is 11.8 Å². The van der Waals surface area contributed by atoms with E-state index in [0.29, 0.717) is 23.7 Å². The highest BCUT2D eigenvalue weighted by Gasteiger charge is 2.36. The summed E-state index contributed by atoms with van der Waals surface area (Å²) < 4.78 is 0. The largest absolute Gasteiger partial charge is 0.347 e. The second kappa shape index (κ2) is 6.47. The van der Waals surface area contributed by atoms with E-state index in [1.807, 2.05) is 12.1 Å². The van der Waals surface area contributed by atoms with Gasteiger partial charge in [0.1, 0.15) is 6.04 Å². The van der Waals surface area contributed by atoms with Gasteiger partial charge >= 0.3 is 0 Å². The Morgan fingerprint density at radius 3 is 2.67 bits per heavy atom. The molecule has 0 spiro atoms. The molecular weight excluding hydrogens is 326 g/mol. The van der Waals surface area contributed by atoms with Gasteiger partial charge in [-0.3, -0.25) is 14.4 Å². The second-order valence-electron chi connectivity index (χ2n) is 6.29.